The van der Waals surface area contributed by atoms with Gasteiger partial charge in [0.25, 0.3) is 5.95 Å². The van der Waals surface area contributed by atoms with E-state index in [2.05, 4.69) is 0 Å². The second-order valence-corrected chi connectivity index (χ2v) is 4.65. The zero-order chi connectivity index (χ0) is 13.2. The van der Waals surface area contributed by atoms with Crippen molar-refractivity contribution in [3.8, 4) is 17.3 Å². The van der Waals surface area contributed by atoms with Crippen molar-refractivity contribution >= 4 is 5.78 Å². The number of rotatable bonds is 3. The molecule has 19 heavy (non-hydrogen) atoms. The third kappa shape index (κ3) is 2.05. The van der Waals surface area contributed by atoms with Crippen molar-refractivity contribution in [1.82, 2.24) is 0 Å². The number of Topliss-reactive ketones (excluding diaryl/α,β-unsaturated/α-hetero) is 1. The molecule has 1 aliphatic rings. The molecule has 0 unspecified atom stereocenters. The topological polar surface area (TPSA) is 39.4 Å². The van der Waals surface area contributed by atoms with Crippen LogP contribution in [0.1, 0.15) is 35.7 Å². The van der Waals surface area contributed by atoms with Gasteiger partial charge in [0, 0.05) is 17.5 Å². The fourth-order valence-corrected chi connectivity index (χ4v) is 2.57. The van der Waals surface area contributed by atoms with Crippen LogP contribution >= 0.6 is 0 Å². The Morgan fingerprint density at radius 1 is 1.21 bits per heavy atom. The first-order valence-electron chi connectivity index (χ1n) is 6.68. The number of carbonyl (C=O) groups is 1. The van der Waals surface area contributed by atoms with Crippen molar-refractivity contribution in [1.29, 1.82) is 0 Å². The Morgan fingerprint density at radius 2 is 2.00 bits per heavy atom. The highest BCUT2D eigenvalue weighted by Crippen LogP contribution is 2.40. The second kappa shape index (κ2) is 4.92. The lowest BCUT2D eigenvalue weighted by atomic mass is 9.91. The number of hydrogen-bond acceptors (Lipinski definition) is 3. The largest absolute Gasteiger partial charge is 0.465 e. The number of fused-ring (bicyclic) bond motifs is 1. The number of furan rings is 1. The summed E-state index contributed by atoms with van der Waals surface area (Å²) < 4.78 is 11.3. The molecule has 0 aliphatic heterocycles. The summed E-state index contributed by atoms with van der Waals surface area (Å²) in [6, 6.07) is 9.89. The smallest absolute Gasteiger partial charge is 0.296 e. The van der Waals surface area contributed by atoms with E-state index in [4.69, 9.17) is 9.15 Å². The summed E-state index contributed by atoms with van der Waals surface area (Å²) in [5.41, 5.74) is 2.66. The Morgan fingerprint density at radius 3 is 2.74 bits per heavy atom. The third-order valence-electron chi connectivity index (χ3n) is 3.40. The number of hydrogen-bond donors (Lipinski definition) is 0. The molecule has 0 spiro atoms. The second-order valence-electron chi connectivity index (χ2n) is 4.65. The number of benzene rings is 1. The Kier molecular flexibility index (Phi) is 3.11. The highest BCUT2D eigenvalue weighted by atomic mass is 16.6. The highest BCUT2D eigenvalue weighted by molar-refractivity contribution is 6.02. The molecule has 0 radical (unpaired) electrons. The summed E-state index contributed by atoms with van der Waals surface area (Å²) in [5.74, 6) is 1.31. The Bertz CT molecular complexity index is 596. The lowest BCUT2D eigenvalue weighted by molar-refractivity contribution is 0.0966. The van der Waals surface area contributed by atoms with E-state index in [1.54, 1.807) is 0 Å². The van der Waals surface area contributed by atoms with Crippen molar-refractivity contribution < 1.29 is 13.9 Å². The van der Waals surface area contributed by atoms with Gasteiger partial charge >= 0.3 is 0 Å². The van der Waals surface area contributed by atoms with Gasteiger partial charge in [-0.1, -0.05) is 30.3 Å². The molecule has 1 aliphatic carbocycles. The van der Waals surface area contributed by atoms with Crippen LogP contribution < -0.4 is 4.74 Å². The fourth-order valence-electron chi connectivity index (χ4n) is 2.57. The summed E-state index contributed by atoms with van der Waals surface area (Å²) >= 11 is 0. The van der Waals surface area contributed by atoms with Gasteiger partial charge in [0.2, 0.25) is 0 Å². The standard InChI is InChI=1S/C16H16O3/c1-2-18-16-14-12(9-6-10-13(14)17)15(19-16)11-7-4-3-5-8-11/h3-5,7-8H,2,6,9-10H2,1H3. The third-order valence-corrected chi connectivity index (χ3v) is 3.40. The molecule has 3 rings (SSSR count). The molecule has 1 aromatic heterocycles. The molecule has 0 amide bonds. The molecule has 0 saturated carbocycles. The van der Waals surface area contributed by atoms with Crippen LogP contribution in [0.25, 0.3) is 11.3 Å². The molecule has 1 aromatic carbocycles. The van der Waals surface area contributed by atoms with Gasteiger partial charge in [-0.3, -0.25) is 4.79 Å². The maximum atomic E-state index is 12.1. The van der Waals surface area contributed by atoms with Crippen molar-refractivity contribution in [2.24, 2.45) is 0 Å². The van der Waals surface area contributed by atoms with Gasteiger partial charge in [-0.05, 0) is 19.8 Å². The van der Waals surface area contributed by atoms with E-state index in [1.165, 1.54) is 0 Å². The zero-order valence-corrected chi connectivity index (χ0v) is 10.9. The lowest BCUT2D eigenvalue weighted by Gasteiger charge is -2.10. The predicted molar refractivity (Wildman–Crippen MR) is 72.6 cm³/mol. The molecular formula is C16H16O3. The number of carbonyl (C=O) groups excluding carboxylic acids is 1. The van der Waals surface area contributed by atoms with Crippen LogP contribution in [0.2, 0.25) is 0 Å². The molecule has 98 valence electrons. The van der Waals surface area contributed by atoms with Crippen molar-refractivity contribution in [3.63, 3.8) is 0 Å². The average Bonchev–Trinajstić information content (AvgIpc) is 2.81. The first-order chi connectivity index (χ1) is 9.31. The van der Waals surface area contributed by atoms with Crippen LogP contribution in [-0.4, -0.2) is 12.4 Å². The number of ketones is 1. The van der Waals surface area contributed by atoms with Crippen molar-refractivity contribution in [2.75, 3.05) is 6.61 Å². The van der Waals surface area contributed by atoms with E-state index in [-0.39, 0.29) is 5.78 Å². The summed E-state index contributed by atoms with van der Waals surface area (Å²) in [6.07, 6.45) is 2.35. The van der Waals surface area contributed by atoms with Crippen LogP contribution in [0.3, 0.4) is 0 Å². The van der Waals surface area contributed by atoms with Crippen molar-refractivity contribution in [2.45, 2.75) is 26.2 Å². The summed E-state index contributed by atoms with van der Waals surface area (Å²) in [6.45, 7) is 2.39. The minimum atomic E-state index is 0.135. The lowest BCUT2D eigenvalue weighted by Crippen LogP contribution is -2.10. The maximum Gasteiger partial charge on any atom is 0.296 e. The maximum absolute atomic E-state index is 12.1. The Labute approximate surface area is 112 Å². The van der Waals surface area contributed by atoms with Crippen LogP contribution in [0.5, 0.6) is 5.95 Å². The SMILES string of the molecule is CCOc1oc(-c2ccccc2)c2c1C(=O)CCC2. The first-order valence-corrected chi connectivity index (χ1v) is 6.68. The summed E-state index contributed by atoms with van der Waals surface area (Å²) in [7, 11) is 0. The molecule has 1 heterocycles. The highest BCUT2D eigenvalue weighted by Gasteiger charge is 2.30. The molecule has 3 nitrogen and oxygen atoms in total. The fraction of sp³-hybridized carbons (Fsp3) is 0.312. The quantitative estimate of drug-likeness (QED) is 0.837. The molecular weight excluding hydrogens is 240 g/mol. The summed E-state index contributed by atoms with van der Waals surface area (Å²) in [4.78, 5) is 12.1. The molecule has 0 saturated heterocycles. The van der Waals surface area contributed by atoms with E-state index in [1.807, 2.05) is 37.3 Å². The van der Waals surface area contributed by atoms with Gasteiger partial charge < -0.3 is 9.15 Å². The van der Waals surface area contributed by atoms with E-state index >= 15 is 0 Å². The van der Waals surface area contributed by atoms with Gasteiger partial charge in [0.15, 0.2) is 5.78 Å². The minimum absolute atomic E-state index is 0.135. The predicted octanol–water partition coefficient (Wildman–Crippen LogP) is 3.86. The van der Waals surface area contributed by atoms with Gasteiger partial charge in [-0.2, -0.15) is 0 Å². The molecule has 2 aromatic rings. The number of ether oxygens (including phenoxy) is 1. The molecule has 0 N–H and O–H groups in total. The van der Waals surface area contributed by atoms with Crippen LogP contribution in [-0.2, 0) is 6.42 Å². The normalized spacial score (nSPS) is 14.3. The Hall–Kier alpha value is -2.03. The van der Waals surface area contributed by atoms with Crippen LogP contribution in [0, 0.1) is 0 Å². The minimum Gasteiger partial charge on any atom is -0.465 e. The zero-order valence-electron chi connectivity index (χ0n) is 10.9. The molecule has 3 heteroatoms. The van der Waals surface area contributed by atoms with E-state index in [0.717, 1.165) is 29.7 Å². The first kappa shape index (κ1) is 12.0. The Balaban J connectivity index is 2.16. The van der Waals surface area contributed by atoms with E-state index in [9.17, 15) is 4.79 Å². The summed E-state index contributed by atoms with van der Waals surface area (Å²) in [5, 5.41) is 0. The van der Waals surface area contributed by atoms with E-state index < -0.39 is 0 Å². The van der Waals surface area contributed by atoms with E-state index in [0.29, 0.717) is 24.5 Å². The van der Waals surface area contributed by atoms with Gasteiger partial charge in [0.05, 0.1) is 6.61 Å². The monoisotopic (exact) mass is 256 g/mol. The van der Waals surface area contributed by atoms with Crippen molar-refractivity contribution in [3.05, 3.63) is 41.5 Å². The molecule has 0 bridgehead atoms. The van der Waals surface area contributed by atoms with Gasteiger partial charge in [0.1, 0.15) is 11.3 Å². The average molecular weight is 256 g/mol. The van der Waals surface area contributed by atoms with Gasteiger partial charge in [-0.25, -0.2) is 0 Å². The van der Waals surface area contributed by atoms with Crippen LogP contribution in [0.4, 0.5) is 0 Å². The van der Waals surface area contributed by atoms with Gasteiger partial charge in [-0.15, -0.1) is 0 Å². The van der Waals surface area contributed by atoms with Crippen LogP contribution in [0.15, 0.2) is 34.7 Å². The molecule has 0 fully saturated rings. The molecule has 0 atom stereocenters.